The van der Waals surface area contributed by atoms with Crippen LogP contribution >= 0.6 is 0 Å². The number of anilines is 1. The van der Waals surface area contributed by atoms with Crippen molar-refractivity contribution in [3.63, 3.8) is 0 Å². The van der Waals surface area contributed by atoms with Crippen molar-refractivity contribution in [1.29, 1.82) is 0 Å². The zero-order valence-corrected chi connectivity index (χ0v) is 14.0. The van der Waals surface area contributed by atoms with Gasteiger partial charge < -0.3 is 15.1 Å². The lowest BCUT2D eigenvalue weighted by Crippen LogP contribution is -2.51. The predicted octanol–water partition coefficient (Wildman–Crippen LogP) is 1.96. The lowest BCUT2D eigenvalue weighted by Gasteiger charge is -2.35. The number of nitrogens with zero attached hydrogens (tertiary/aromatic N) is 3. The molecule has 1 fully saturated rings. The van der Waals surface area contributed by atoms with E-state index < -0.39 is 0 Å². The predicted molar refractivity (Wildman–Crippen MR) is 91.4 cm³/mol. The van der Waals surface area contributed by atoms with E-state index in [4.69, 9.17) is 0 Å². The fourth-order valence-corrected chi connectivity index (χ4v) is 2.54. The summed E-state index contributed by atoms with van der Waals surface area (Å²) in [5.74, 6) is 0. The van der Waals surface area contributed by atoms with Gasteiger partial charge in [-0.3, -0.25) is 4.90 Å². The van der Waals surface area contributed by atoms with E-state index in [0.29, 0.717) is 0 Å². The molecule has 0 unspecified atom stereocenters. The van der Waals surface area contributed by atoms with Crippen molar-refractivity contribution in [3.8, 4) is 0 Å². The molecule has 2 rings (SSSR count). The van der Waals surface area contributed by atoms with Crippen molar-refractivity contribution in [1.82, 2.24) is 14.7 Å². The van der Waals surface area contributed by atoms with Crippen molar-refractivity contribution < 1.29 is 4.79 Å². The largest absolute Gasteiger partial charge is 0.322 e. The number of carbonyl (C=O) groups is 1. The van der Waals surface area contributed by atoms with E-state index in [0.717, 1.165) is 51.4 Å². The molecule has 0 radical (unpaired) electrons. The number of urea groups is 1. The Labute approximate surface area is 133 Å². The van der Waals surface area contributed by atoms with Crippen LogP contribution in [0.15, 0.2) is 24.3 Å². The topological polar surface area (TPSA) is 38.8 Å². The SMILES string of the molecule is CCc1ccc(NC(=O)N2CCN(CCN(C)C)CC2)cc1. The Bertz CT molecular complexity index is 464. The molecule has 1 N–H and O–H groups in total. The fraction of sp³-hybridized carbons (Fsp3) is 0.588. The zero-order valence-electron chi connectivity index (χ0n) is 14.0. The van der Waals surface area contributed by atoms with Crippen LogP contribution in [-0.2, 0) is 6.42 Å². The molecule has 1 aromatic rings. The third-order valence-electron chi connectivity index (χ3n) is 4.14. The molecule has 5 nitrogen and oxygen atoms in total. The van der Waals surface area contributed by atoms with Gasteiger partial charge in [-0.15, -0.1) is 0 Å². The summed E-state index contributed by atoms with van der Waals surface area (Å²) < 4.78 is 0. The molecule has 0 atom stereocenters. The van der Waals surface area contributed by atoms with E-state index in [-0.39, 0.29) is 6.03 Å². The summed E-state index contributed by atoms with van der Waals surface area (Å²) >= 11 is 0. The minimum Gasteiger partial charge on any atom is -0.322 e. The molecule has 0 spiro atoms. The smallest absolute Gasteiger partial charge is 0.321 e. The number of amides is 2. The van der Waals surface area contributed by atoms with Gasteiger partial charge in [0.1, 0.15) is 0 Å². The van der Waals surface area contributed by atoms with Crippen molar-refractivity contribution in [2.24, 2.45) is 0 Å². The van der Waals surface area contributed by atoms with Crippen LogP contribution in [0.25, 0.3) is 0 Å². The molecule has 22 heavy (non-hydrogen) atoms. The molecular weight excluding hydrogens is 276 g/mol. The second-order valence-corrected chi connectivity index (χ2v) is 6.11. The number of carbonyl (C=O) groups excluding carboxylic acids is 1. The maximum Gasteiger partial charge on any atom is 0.321 e. The molecule has 0 aromatic heterocycles. The molecule has 1 aliphatic heterocycles. The highest BCUT2D eigenvalue weighted by atomic mass is 16.2. The van der Waals surface area contributed by atoms with E-state index in [9.17, 15) is 4.79 Å². The number of aryl methyl sites for hydroxylation is 1. The van der Waals surface area contributed by atoms with Crippen LogP contribution in [0.2, 0.25) is 0 Å². The summed E-state index contributed by atoms with van der Waals surface area (Å²) in [6, 6.07) is 8.09. The standard InChI is InChI=1S/C17H28N4O/c1-4-15-5-7-16(8-6-15)18-17(22)21-13-11-20(12-14-21)10-9-19(2)3/h5-8H,4,9-14H2,1-3H3,(H,18,22). The van der Waals surface area contributed by atoms with E-state index >= 15 is 0 Å². The summed E-state index contributed by atoms with van der Waals surface area (Å²) in [4.78, 5) is 18.8. The van der Waals surface area contributed by atoms with Gasteiger partial charge in [0.15, 0.2) is 0 Å². The number of hydrogen-bond donors (Lipinski definition) is 1. The number of likely N-dealkylation sites (N-methyl/N-ethyl adjacent to an activating group) is 1. The molecule has 122 valence electrons. The summed E-state index contributed by atoms with van der Waals surface area (Å²) in [6.07, 6.45) is 1.02. The summed E-state index contributed by atoms with van der Waals surface area (Å²) in [6.45, 7) is 7.77. The molecule has 0 bridgehead atoms. The van der Waals surface area contributed by atoms with Gasteiger partial charge in [0.05, 0.1) is 0 Å². The molecule has 0 saturated carbocycles. The van der Waals surface area contributed by atoms with Crippen LogP contribution in [0.4, 0.5) is 10.5 Å². The minimum absolute atomic E-state index is 0.0107. The number of piperazine rings is 1. The highest BCUT2D eigenvalue weighted by Crippen LogP contribution is 2.11. The second kappa shape index (κ2) is 8.15. The van der Waals surface area contributed by atoms with Gasteiger partial charge in [-0.25, -0.2) is 4.79 Å². The van der Waals surface area contributed by atoms with E-state index in [2.05, 4.69) is 48.3 Å². The zero-order chi connectivity index (χ0) is 15.9. The highest BCUT2D eigenvalue weighted by Gasteiger charge is 2.20. The van der Waals surface area contributed by atoms with Crippen molar-refractivity contribution in [3.05, 3.63) is 29.8 Å². The van der Waals surface area contributed by atoms with Crippen LogP contribution in [-0.4, -0.2) is 74.1 Å². The van der Waals surface area contributed by atoms with Crippen molar-refractivity contribution in [2.75, 3.05) is 58.7 Å². The first kappa shape index (κ1) is 16.8. The van der Waals surface area contributed by atoms with Crippen LogP contribution in [0, 0.1) is 0 Å². The third-order valence-corrected chi connectivity index (χ3v) is 4.14. The van der Waals surface area contributed by atoms with E-state index in [1.807, 2.05) is 17.0 Å². The Morgan fingerprint density at radius 1 is 1.14 bits per heavy atom. The Kier molecular flexibility index (Phi) is 6.21. The molecular formula is C17H28N4O. The Hall–Kier alpha value is -1.59. The first-order valence-corrected chi connectivity index (χ1v) is 8.10. The van der Waals surface area contributed by atoms with Gasteiger partial charge in [0, 0.05) is 45.0 Å². The number of rotatable bonds is 5. The molecule has 2 amide bonds. The van der Waals surface area contributed by atoms with Crippen molar-refractivity contribution in [2.45, 2.75) is 13.3 Å². The Morgan fingerprint density at radius 3 is 2.32 bits per heavy atom. The maximum atomic E-state index is 12.3. The fourth-order valence-electron chi connectivity index (χ4n) is 2.54. The number of nitrogens with one attached hydrogen (secondary N) is 1. The average Bonchev–Trinajstić information content (AvgIpc) is 2.54. The van der Waals surface area contributed by atoms with Crippen LogP contribution in [0.1, 0.15) is 12.5 Å². The molecule has 5 heteroatoms. The van der Waals surface area contributed by atoms with Gasteiger partial charge in [0.2, 0.25) is 0 Å². The minimum atomic E-state index is 0.0107. The average molecular weight is 304 g/mol. The van der Waals surface area contributed by atoms with Gasteiger partial charge in [0.25, 0.3) is 0 Å². The van der Waals surface area contributed by atoms with Gasteiger partial charge in [-0.1, -0.05) is 19.1 Å². The van der Waals surface area contributed by atoms with Gasteiger partial charge in [-0.2, -0.15) is 0 Å². The van der Waals surface area contributed by atoms with Crippen LogP contribution < -0.4 is 5.32 Å². The summed E-state index contributed by atoms with van der Waals surface area (Å²) in [5, 5.41) is 2.99. The normalized spacial score (nSPS) is 16.1. The van der Waals surface area contributed by atoms with Crippen LogP contribution in [0.5, 0.6) is 0 Å². The molecule has 0 aliphatic carbocycles. The van der Waals surface area contributed by atoms with E-state index in [1.54, 1.807) is 0 Å². The Morgan fingerprint density at radius 2 is 1.77 bits per heavy atom. The number of hydrogen-bond acceptors (Lipinski definition) is 3. The van der Waals surface area contributed by atoms with Gasteiger partial charge in [-0.05, 0) is 38.2 Å². The van der Waals surface area contributed by atoms with Gasteiger partial charge >= 0.3 is 6.03 Å². The molecule has 1 heterocycles. The van der Waals surface area contributed by atoms with Crippen LogP contribution in [0.3, 0.4) is 0 Å². The molecule has 1 aromatic carbocycles. The highest BCUT2D eigenvalue weighted by molar-refractivity contribution is 5.89. The molecule has 1 aliphatic rings. The van der Waals surface area contributed by atoms with Crippen molar-refractivity contribution >= 4 is 11.7 Å². The third kappa shape index (κ3) is 5.00. The van der Waals surface area contributed by atoms with E-state index in [1.165, 1.54) is 5.56 Å². The lowest BCUT2D eigenvalue weighted by atomic mass is 10.1. The second-order valence-electron chi connectivity index (χ2n) is 6.11. The maximum absolute atomic E-state index is 12.3. The first-order chi connectivity index (χ1) is 10.6. The summed E-state index contributed by atoms with van der Waals surface area (Å²) in [5.41, 5.74) is 2.16. The quantitative estimate of drug-likeness (QED) is 0.904. The first-order valence-electron chi connectivity index (χ1n) is 8.10. The number of benzene rings is 1. The molecule has 1 saturated heterocycles. The monoisotopic (exact) mass is 304 g/mol. The summed E-state index contributed by atoms with van der Waals surface area (Å²) in [7, 11) is 4.18. The Balaban J connectivity index is 1.77. The lowest BCUT2D eigenvalue weighted by molar-refractivity contribution is 0.140.